The predicted octanol–water partition coefficient (Wildman–Crippen LogP) is 4.67. The van der Waals surface area contributed by atoms with E-state index in [4.69, 9.17) is 5.11 Å². The maximum absolute atomic E-state index is 10.7. The lowest BCUT2D eigenvalue weighted by atomic mass is 10.00. The van der Waals surface area contributed by atoms with Gasteiger partial charge < -0.3 is 5.11 Å². The van der Waals surface area contributed by atoms with Gasteiger partial charge in [0.2, 0.25) is 0 Å². The molecule has 1 aliphatic rings. The van der Waals surface area contributed by atoms with Crippen LogP contribution in [0.15, 0.2) is 33.6 Å². The summed E-state index contributed by atoms with van der Waals surface area (Å²) in [4.78, 5) is 12.0. The molecule has 0 heterocycles. The Labute approximate surface area is 130 Å². The van der Waals surface area contributed by atoms with Gasteiger partial charge in [-0.2, -0.15) is 0 Å². The van der Waals surface area contributed by atoms with Crippen LogP contribution in [0.5, 0.6) is 0 Å². The number of halogens is 1. The van der Waals surface area contributed by atoms with E-state index in [0.29, 0.717) is 10.5 Å². The van der Waals surface area contributed by atoms with Gasteiger partial charge in [0.1, 0.15) is 0 Å². The zero-order valence-corrected chi connectivity index (χ0v) is 13.8. The molecule has 0 bridgehead atoms. The van der Waals surface area contributed by atoms with E-state index < -0.39 is 5.97 Å². The molecule has 2 nitrogen and oxygen atoms in total. The lowest BCUT2D eigenvalue weighted by molar-refractivity contribution is -0.133. The summed E-state index contributed by atoms with van der Waals surface area (Å²) in [5.41, 5.74) is 0. The number of carbonyl (C=O) groups is 1. The molecule has 2 unspecified atom stereocenters. The first-order valence-corrected chi connectivity index (χ1v) is 9.13. The molecular formula is C14H17BrO2S2. The Morgan fingerprint density at radius 1 is 1.21 bits per heavy atom. The number of benzene rings is 1. The van der Waals surface area contributed by atoms with E-state index in [2.05, 4.69) is 40.2 Å². The van der Waals surface area contributed by atoms with Crippen molar-refractivity contribution in [3.05, 3.63) is 28.7 Å². The van der Waals surface area contributed by atoms with E-state index in [1.54, 1.807) is 11.8 Å². The van der Waals surface area contributed by atoms with Crippen LogP contribution in [-0.4, -0.2) is 27.3 Å². The molecule has 1 N–H and O–H groups in total. The monoisotopic (exact) mass is 360 g/mol. The number of hydrogen-bond acceptors (Lipinski definition) is 3. The molecule has 0 amide bonds. The Balaban J connectivity index is 1.95. The molecule has 1 saturated carbocycles. The van der Waals surface area contributed by atoms with Gasteiger partial charge in [-0.25, -0.2) is 0 Å². The predicted molar refractivity (Wildman–Crippen MR) is 86.1 cm³/mol. The summed E-state index contributed by atoms with van der Waals surface area (Å²) >= 11 is 6.95. The van der Waals surface area contributed by atoms with Crippen LogP contribution in [0.2, 0.25) is 0 Å². The van der Waals surface area contributed by atoms with Gasteiger partial charge in [0.05, 0.1) is 5.75 Å². The third-order valence-corrected chi connectivity index (χ3v) is 6.68. The van der Waals surface area contributed by atoms with Gasteiger partial charge in [0, 0.05) is 19.9 Å². The molecule has 1 aromatic rings. The van der Waals surface area contributed by atoms with Gasteiger partial charge in [-0.1, -0.05) is 28.8 Å². The standard InChI is InChI=1S/C14H17BrO2S2/c15-10-5-7-11(8-6-10)19-13-4-2-1-3-12(13)18-9-14(16)17/h5-8,12-13H,1-4,9H2,(H,16,17). The normalized spacial score (nSPS) is 23.2. The summed E-state index contributed by atoms with van der Waals surface area (Å²) < 4.78 is 1.09. The first-order chi connectivity index (χ1) is 9.15. The highest BCUT2D eigenvalue weighted by molar-refractivity contribution is 9.10. The molecule has 1 fully saturated rings. The Morgan fingerprint density at radius 2 is 1.84 bits per heavy atom. The van der Waals surface area contributed by atoms with Crippen molar-refractivity contribution in [3.63, 3.8) is 0 Å². The molecule has 0 spiro atoms. The van der Waals surface area contributed by atoms with Crippen LogP contribution in [0.3, 0.4) is 0 Å². The van der Waals surface area contributed by atoms with Crippen molar-refractivity contribution in [2.24, 2.45) is 0 Å². The van der Waals surface area contributed by atoms with E-state index in [0.717, 1.165) is 10.9 Å². The van der Waals surface area contributed by atoms with Crippen LogP contribution >= 0.6 is 39.5 Å². The topological polar surface area (TPSA) is 37.3 Å². The Bertz CT molecular complexity index is 422. The highest BCUT2D eigenvalue weighted by Gasteiger charge is 2.26. The molecule has 2 rings (SSSR count). The van der Waals surface area contributed by atoms with Crippen LogP contribution in [0.4, 0.5) is 0 Å². The number of hydrogen-bond donors (Lipinski definition) is 1. The number of carboxylic acid groups (broad SMARTS) is 1. The fourth-order valence-corrected chi connectivity index (χ4v) is 5.18. The molecular weight excluding hydrogens is 344 g/mol. The van der Waals surface area contributed by atoms with Crippen LogP contribution in [0.25, 0.3) is 0 Å². The van der Waals surface area contributed by atoms with Crippen molar-refractivity contribution < 1.29 is 9.90 Å². The first kappa shape index (κ1) is 15.3. The van der Waals surface area contributed by atoms with Crippen molar-refractivity contribution in [3.8, 4) is 0 Å². The van der Waals surface area contributed by atoms with Gasteiger partial charge in [-0.15, -0.1) is 23.5 Å². The van der Waals surface area contributed by atoms with Crippen molar-refractivity contribution in [2.75, 3.05) is 5.75 Å². The second-order valence-corrected chi connectivity index (χ2v) is 8.09. The van der Waals surface area contributed by atoms with Crippen LogP contribution < -0.4 is 0 Å². The molecule has 0 aromatic heterocycles. The number of rotatable bonds is 5. The van der Waals surface area contributed by atoms with Gasteiger partial charge in [0.25, 0.3) is 0 Å². The summed E-state index contributed by atoms with van der Waals surface area (Å²) in [7, 11) is 0. The third kappa shape index (κ3) is 5.04. The smallest absolute Gasteiger partial charge is 0.313 e. The minimum atomic E-state index is -0.706. The second kappa shape index (κ2) is 7.60. The Hall–Kier alpha value is -0.130. The number of aliphatic carboxylic acids is 1. The molecule has 5 heteroatoms. The minimum absolute atomic E-state index is 0.224. The first-order valence-electron chi connectivity index (χ1n) is 6.41. The van der Waals surface area contributed by atoms with Crippen LogP contribution in [0.1, 0.15) is 25.7 Å². The summed E-state index contributed by atoms with van der Waals surface area (Å²) in [6.45, 7) is 0. The van der Waals surface area contributed by atoms with E-state index in [1.807, 2.05) is 11.8 Å². The van der Waals surface area contributed by atoms with Crippen molar-refractivity contribution in [1.82, 2.24) is 0 Å². The highest BCUT2D eigenvalue weighted by Crippen LogP contribution is 2.39. The highest BCUT2D eigenvalue weighted by atomic mass is 79.9. The lowest BCUT2D eigenvalue weighted by Crippen LogP contribution is -2.25. The van der Waals surface area contributed by atoms with Gasteiger partial charge in [-0.05, 0) is 37.1 Å². The largest absolute Gasteiger partial charge is 0.481 e. The quantitative estimate of drug-likeness (QED) is 0.827. The molecule has 0 aliphatic heterocycles. The summed E-state index contributed by atoms with van der Waals surface area (Å²) in [5, 5.41) is 9.83. The zero-order valence-electron chi connectivity index (χ0n) is 10.5. The van der Waals surface area contributed by atoms with E-state index in [-0.39, 0.29) is 5.75 Å². The SMILES string of the molecule is O=C(O)CSC1CCCCC1Sc1ccc(Br)cc1. The molecule has 1 aromatic carbocycles. The fraction of sp³-hybridized carbons (Fsp3) is 0.500. The molecule has 1 aliphatic carbocycles. The van der Waals surface area contributed by atoms with Crippen LogP contribution in [-0.2, 0) is 4.79 Å². The molecule has 19 heavy (non-hydrogen) atoms. The average molecular weight is 361 g/mol. The molecule has 104 valence electrons. The number of thioether (sulfide) groups is 2. The van der Waals surface area contributed by atoms with Gasteiger partial charge in [-0.3, -0.25) is 4.79 Å². The minimum Gasteiger partial charge on any atom is -0.481 e. The zero-order chi connectivity index (χ0) is 13.7. The number of carboxylic acids is 1. The molecule has 0 saturated heterocycles. The van der Waals surface area contributed by atoms with Gasteiger partial charge >= 0.3 is 5.97 Å². The van der Waals surface area contributed by atoms with Crippen LogP contribution in [0, 0.1) is 0 Å². The van der Waals surface area contributed by atoms with E-state index in [1.165, 1.54) is 24.2 Å². The summed E-state index contributed by atoms with van der Waals surface area (Å²) in [6.07, 6.45) is 4.83. The second-order valence-electron chi connectivity index (χ2n) is 4.64. The summed E-state index contributed by atoms with van der Waals surface area (Å²) in [6, 6.07) is 8.37. The molecule has 0 radical (unpaired) electrons. The van der Waals surface area contributed by atoms with E-state index in [9.17, 15) is 4.79 Å². The fourth-order valence-electron chi connectivity index (χ4n) is 2.25. The average Bonchev–Trinajstić information content (AvgIpc) is 2.40. The lowest BCUT2D eigenvalue weighted by Gasteiger charge is -2.30. The Morgan fingerprint density at radius 3 is 2.47 bits per heavy atom. The maximum Gasteiger partial charge on any atom is 0.313 e. The van der Waals surface area contributed by atoms with Gasteiger partial charge in [0.15, 0.2) is 0 Å². The maximum atomic E-state index is 10.7. The van der Waals surface area contributed by atoms with Crippen molar-refractivity contribution in [1.29, 1.82) is 0 Å². The summed E-state index contributed by atoms with van der Waals surface area (Å²) in [5.74, 6) is -0.481. The Kier molecular flexibility index (Phi) is 6.10. The van der Waals surface area contributed by atoms with Crippen molar-refractivity contribution >= 4 is 45.4 Å². The van der Waals surface area contributed by atoms with Crippen molar-refractivity contribution in [2.45, 2.75) is 41.1 Å². The molecule has 2 atom stereocenters. The third-order valence-electron chi connectivity index (χ3n) is 3.16. The van der Waals surface area contributed by atoms with E-state index >= 15 is 0 Å².